The van der Waals surface area contributed by atoms with Crippen molar-refractivity contribution >= 4 is 11.6 Å². The molecule has 9 heteroatoms. The van der Waals surface area contributed by atoms with Gasteiger partial charge < -0.3 is 14.4 Å². The van der Waals surface area contributed by atoms with Crippen molar-refractivity contribution in [1.29, 1.82) is 0 Å². The molecular weight excluding hydrogens is 430 g/mol. The van der Waals surface area contributed by atoms with Crippen molar-refractivity contribution in [3.63, 3.8) is 0 Å². The zero-order valence-corrected chi connectivity index (χ0v) is 18.1. The third-order valence-corrected chi connectivity index (χ3v) is 5.22. The Morgan fingerprint density at radius 2 is 1.70 bits per heavy atom. The van der Waals surface area contributed by atoms with Crippen LogP contribution in [0.2, 0.25) is 0 Å². The van der Waals surface area contributed by atoms with Crippen molar-refractivity contribution in [2.75, 3.05) is 5.32 Å². The Morgan fingerprint density at radius 1 is 1.00 bits per heavy atom. The Kier molecular flexibility index (Phi) is 5.87. The number of nitrogens with zero attached hydrogens (tertiary/aromatic N) is 3. The predicted octanol–water partition coefficient (Wildman–Crippen LogP) is 4.41. The summed E-state index contributed by atoms with van der Waals surface area (Å²) in [6.45, 7) is 4.89. The van der Waals surface area contributed by atoms with E-state index in [1.807, 2.05) is 0 Å². The van der Waals surface area contributed by atoms with E-state index in [2.05, 4.69) is 15.5 Å². The summed E-state index contributed by atoms with van der Waals surface area (Å²) in [5.41, 5.74) is 2.40. The molecule has 0 saturated heterocycles. The van der Waals surface area contributed by atoms with Gasteiger partial charge >= 0.3 is 0 Å². The number of hydrogen-bond acceptors (Lipinski definition) is 5. The fourth-order valence-electron chi connectivity index (χ4n) is 3.49. The number of halogens is 2. The van der Waals surface area contributed by atoms with Crippen LogP contribution in [-0.4, -0.2) is 20.6 Å². The molecule has 0 aliphatic heterocycles. The van der Waals surface area contributed by atoms with E-state index in [1.54, 1.807) is 32.9 Å². The first-order valence-electron chi connectivity index (χ1n) is 10.1. The summed E-state index contributed by atoms with van der Waals surface area (Å²) < 4.78 is 33.3. The van der Waals surface area contributed by atoms with Gasteiger partial charge in [0.05, 0.1) is 0 Å². The van der Waals surface area contributed by atoms with Crippen molar-refractivity contribution < 1.29 is 18.1 Å². The maximum absolute atomic E-state index is 13.5. The maximum atomic E-state index is 13.5. The number of benzene rings is 2. The van der Waals surface area contributed by atoms with Gasteiger partial charge in [-0.05, 0) is 74.4 Å². The van der Waals surface area contributed by atoms with Crippen molar-refractivity contribution in [1.82, 2.24) is 14.7 Å². The van der Waals surface area contributed by atoms with Crippen LogP contribution in [0.3, 0.4) is 0 Å². The van der Waals surface area contributed by atoms with Gasteiger partial charge in [-0.25, -0.2) is 8.78 Å². The monoisotopic (exact) mass is 450 g/mol. The Morgan fingerprint density at radius 3 is 2.42 bits per heavy atom. The number of aromatic nitrogens is 3. The molecule has 0 atom stereocenters. The second-order valence-electron chi connectivity index (χ2n) is 7.67. The first kappa shape index (κ1) is 22.1. The van der Waals surface area contributed by atoms with Gasteiger partial charge in [-0.2, -0.15) is 4.98 Å². The lowest BCUT2D eigenvalue weighted by atomic mass is 10.1. The van der Waals surface area contributed by atoms with Gasteiger partial charge in [0.2, 0.25) is 11.7 Å². The lowest BCUT2D eigenvalue weighted by Gasteiger charge is -2.14. The highest BCUT2D eigenvalue weighted by Crippen LogP contribution is 2.23. The molecule has 168 valence electrons. The normalized spacial score (nSPS) is 10.9. The van der Waals surface area contributed by atoms with E-state index in [0.29, 0.717) is 28.1 Å². The van der Waals surface area contributed by atoms with Crippen LogP contribution in [0.15, 0.2) is 57.8 Å². The number of carbonyl (C=O) groups excluding carboxylic acids is 1. The standard InChI is InChI=1S/C24H20F2N4O3/c1-13-4-7-18(26)11-19(13)27-20(31)12-30-15(3)10-14(2)21(24(30)32)23-28-22(29-33-23)16-5-8-17(25)9-6-16/h4-11H,12H2,1-3H3,(H,27,31). The van der Waals surface area contributed by atoms with Gasteiger partial charge in [-0.1, -0.05) is 11.2 Å². The minimum absolute atomic E-state index is 0.00745. The molecule has 2 aromatic heterocycles. The molecule has 0 unspecified atom stereocenters. The molecule has 1 amide bonds. The van der Waals surface area contributed by atoms with Crippen LogP contribution in [0.5, 0.6) is 0 Å². The van der Waals surface area contributed by atoms with Crippen LogP contribution in [0.1, 0.15) is 16.8 Å². The molecule has 0 saturated carbocycles. The van der Waals surface area contributed by atoms with E-state index < -0.39 is 23.1 Å². The molecule has 2 heterocycles. The van der Waals surface area contributed by atoms with Crippen molar-refractivity contribution in [3.8, 4) is 22.8 Å². The Bertz CT molecular complexity index is 1410. The summed E-state index contributed by atoms with van der Waals surface area (Å²) in [5, 5.41) is 6.53. The Balaban J connectivity index is 1.65. The second-order valence-corrected chi connectivity index (χ2v) is 7.67. The lowest BCUT2D eigenvalue weighted by molar-refractivity contribution is -0.116. The molecule has 4 rings (SSSR count). The van der Waals surface area contributed by atoms with E-state index in [-0.39, 0.29) is 23.8 Å². The van der Waals surface area contributed by atoms with Crippen LogP contribution in [0.25, 0.3) is 22.8 Å². The topological polar surface area (TPSA) is 90.0 Å². The molecule has 4 aromatic rings. The zero-order valence-electron chi connectivity index (χ0n) is 18.1. The van der Waals surface area contributed by atoms with Crippen LogP contribution >= 0.6 is 0 Å². The molecule has 7 nitrogen and oxygen atoms in total. The SMILES string of the molecule is Cc1ccc(F)cc1NC(=O)Cn1c(C)cc(C)c(-c2nc(-c3ccc(F)cc3)no2)c1=O. The number of anilines is 1. The van der Waals surface area contributed by atoms with Crippen molar-refractivity contribution in [3.05, 3.63) is 87.3 Å². The van der Waals surface area contributed by atoms with Crippen LogP contribution in [-0.2, 0) is 11.3 Å². The highest BCUT2D eigenvalue weighted by Gasteiger charge is 2.20. The van der Waals surface area contributed by atoms with Gasteiger partial charge in [0.15, 0.2) is 0 Å². The average molecular weight is 450 g/mol. The first-order chi connectivity index (χ1) is 15.7. The smallest absolute Gasteiger partial charge is 0.264 e. The zero-order chi connectivity index (χ0) is 23.7. The number of hydrogen-bond donors (Lipinski definition) is 1. The number of aryl methyl sites for hydroxylation is 3. The van der Waals surface area contributed by atoms with E-state index in [1.165, 1.54) is 41.0 Å². The Hall–Kier alpha value is -4.14. The number of rotatable bonds is 5. The fourth-order valence-corrected chi connectivity index (χ4v) is 3.49. The van der Waals surface area contributed by atoms with Gasteiger partial charge in [-0.3, -0.25) is 9.59 Å². The number of carbonyl (C=O) groups is 1. The highest BCUT2D eigenvalue weighted by molar-refractivity contribution is 5.91. The van der Waals surface area contributed by atoms with E-state index in [4.69, 9.17) is 4.52 Å². The summed E-state index contributed by atoms with van der Waals surface area (Å²) in [7, 11) is 0. The average Bonchev–Trinajstić information content (AvgIpc) is 3.24. The van der Waals surface area contributed by atoms with E-state index >= 15 is 0 Å². The van der Waals surface area contributed by atoms with Crippen molar-refractivity contribution in [2.24, 2.45) is 0 Å². The molecule has 0 fully saturated rings. The molecule has 0 bridgehead atoms. The summed E-state index contributed by atoms with van der Waals surface area (Å²) in [6.07, 6.45) is 0. The van der Waals surface area contributed by atoms with Crippen LogP contribution in [0, 0.1) is 32.4 Å². The number of nitrogens with one attached hydrogen (secondary N) is 1. The highest BCUT2D eigenvalue weighted by atomic mass is 19.1. The van der Waals surface area contributed by atoms with Gasteiger partial charge in [0, 0.05) is 16.9 Å². The maximum Gasteiger partial charge on any atom is 0.264 e. The summed E-state index contributed by atoms with van der Waals surface area (Å²) in [6, 6.07) is 11.4. The fraction of sp³-hybridized carbons (Fsp3) is 0.167. The van der Waals surface area contributed by atoms with E-state index in [9.17, 15) is 18.4 Å². The predicted molar refractivity (Wildman–Crippen MR) is 119 cm³/mol. The minimum Gasteiger partial charge on any atom is -0.333 e. The largest absolute Gasteiger partial charge is 0.333 e. The number of pyridine rings is 1. The molecule has 0 aliphatic carbocycles. The summed E-state index contributed by atoms with van der Waals surface area (Å²) in [4.78, 5) is 30.2. The third-order valence-electron chi connectivity index (χ3n) is 5.22. The Labute approximate surface area is 187 Å². The molecule has 0 radical (unpaired) electrons. The van der Waals surface area contributed by atoms with Crippen LogP contribution in [0.4, 0.5) is 14.5 Å². The van der Waals surface area contributed by atoms with E-state index in [0.717, 1.165) is 0 Å². The molecule has 33 heavy (non-hydrogen) atoms. The van der Waals surface area contributed by atoms with Gasteiger partial charge in [-0.15, -0.1) is 0 Å². The third kappa shape index (κ3) is 4.57. The van der Waals surface area contributed by atoms with Gasteiger partial charge in [0.1, 0.15) is 23.7 Å². The molecule has 0 aliphatic rings. The van der Waals surface area contributed by atoms with Gasteiger partial charge in [0.25, 0.3) is 11.4 Å². The summed E-state index contributed by atoms with van der Waals surface area (Å²) in [5.74, 6) is -1.16. The second kappa shape index (κ2) is 8.78. The first-order valence-corrected chi connectivity index (χ1v) is 10.1. The molecule has 1 N–H and O–H groups in total. The lowest BCUT2D eigenvalue weighted by Crippen LogP contribution is -2.31. The van der Waals surface area contributed by atoms with Crippen LogP contribution < -0.4 is 10.9 Å². The van der Waals surface area contributed by atoms with Crippen molar-refractivity contribution in [2.45, 2.75) is 27.3 Å². The minimum atomic E-state index is -0.485. The number of amides is 1. The summed E-state index contributed by atoms with van der Waals surface area (Å²) >= 11 is 0. The quantitative estimate of drug-likeness (QED) is 0.487. The molecule has 2 aromatic carbocycles. The molecule has 0 spiro atoms. The molecular formula is C24H20F2N4O3.